The first kappa shape index (κ1) is 19.9. The van der Waals surface area contributed by atoms with Gasteiger partial charge in [-0.2, -0.15) is 0 Å². The van der Waals surface area contributed by atoms with Crippen LogP contribution < -0.4 is 0 Å². The van der Waals surface area contributed by atoms with Crippen LogP contribution in [0.15, 0.2) is 0 Å². The molecule has 0 amide bonds. The molecule has 0 aliphatic rings. The zero-order valence-corrected chi connectivity index (χ0v) is 12.8. The van der Waals surface area contributed by atoms with Gasteiger partial charge in [-0.25, -0.2) is 0 Å². The average Bonchev–Trinajstić information content (AvgIpc) is 2.10. The molecular formula is C6H15O11P3. The van der Waals surface area contributed by atoms with E-state index in [0.29, 0.717) is 0 Å². The van der Waals surface area contributed by atoms with Gasteiger partial charge in [0.1, 0.15) is 5.66 Å². The second-order valence-corrected chi connectivity index (χ2v) is 9.75. The maximum atomic E-state index is 11.4. The molecule has 0 spiro atoms. The molecule has 0 saturated carbocycles. The van der Waals surface area contributed by atoms with Crippen LogP contribution in [0.25, 0.3) is 0 Å². The van der Waals surface area contributed by atoms with Crippen LogP contribution in [-0.2, 0) is 18.5 Å². The van der Waals surface area contributed by atoms with E-state index >= 15 is 0 Å². The molecule has 0 aromatic rings. The van der Waals surface area contributed by atoms with Crippen LogP contribution in [0.2, 0.25) is 0 Å². The smallest absolute Gasteiger partial charge is 0.356 e. The van der Waals surface area contributed by atoms with Crippen molar-refractivity contribution in [2.24, 2.45) is 0 Å². The molecule has 7 N–H and O–H groups in total. The number of aliphatic carboxylic acids is 1. The molecule has 20 heavy (non-hydrogen) atoms. The SMILES string of the molecule is CCCC(C(C(=O)O)(P(=O)(O)O)P(=O)(O)O)P(=O)(O)O. The molecule has 0 aromatic carbocycles. The van der Waals surface area contributed by atoms with Crippen molar-refractivity contribution in [2.75, 3.05) is 0 Å². The van der Waals surface area contributed by atoms with Gasteiger partial charge in [0.15, 0.2) is 0 Å². The van der Waals surface area contributed by atoms with E-state index in [1.54, 1.807) is 0 Å². The lowest BCUT2D eigenvalue weighted by atomic mass is 10.2. The standard InChI is InChI=1S/C6H15O11P3/c1-2-3-4(18(9,10)11)6(5(7)8,19(12,13)14)20(15,16)17/h4H,2-3H2,1H3,(H,7,8)(H2,9,10,11)(H2,12,13,14)(H2,15,16,17). The maximum absolute atomic E-state index is 11.4. The van der Waals surface area contributed by atoms with Crippen molar-refractivity contribution in [2.45, 2.75) is 30.3 Å². The van der Waals surface area contributed by atoms with E-state index in [9.17, 15) is 18.5 Å². The highest BCUT2D eigenvalue weighted by Gasteiger charge is 2.74. The van der Waals surface area contributed by atoms with Crippen molar-refractivity contribution < 1.29 is 53.0 Å². The van der Waals surface area contributed by atoms with E-state index in [1.165, 1.54) is 6.92 Å². The number of rotatable bonds is 7. The zero-order valence-electron chi connectivity index (χ0n) is 10.1. The van der Waals surface area contributed by atoms with E-state index in [0.717, 1.165) is 0 Å². The second-order valence-electron chi connectivity index (χ2n) is 4.01. The Morgan fingerprint density at radius 3 is 1.50 bits per heavy atom. The summed E-state index contributed by atoms with van der Waals surface area (Å²) in [4.78, 5) is 61.5. The Morgan fingerprint density at radius 1 is 1.00 bits per heavy atom. The predicted octanol–water partition coefficient (Wildman–Crippen LogP) is -0.531. The highest BCUT2D eigenvalue weighted by atomic mass is 31.2. The van der Waals surface area contributed by atoms with Crippen LogP contribution in [0.4, 0.5) is 0 Å². The Labute approximate surface area is 113 Å². The molecule has 0 rings (SSSR count). The molecule has 0 heterocycles. The second kappa shape index (κ2) is 5.96. The minimum Gasteiger partial charge on any atom is -0.480 e. The molecule has 0 aliphatic heterocycles. The number of carboxylic acids is 1. The van der Waals surface area contributed by atoms with E-state index in [2.05, 4.69) is 0 Å². The lowest BCUT2D eigenvalue weighted by molar-refractivity contribution is -0.138. The summed E-state index contributed by atoms with van der Waals surface area (Å²) in [5.41, 5.74) is -2.72. The van der Waals surface area contributed by atoms with Crippen molar-refractivity contribution in [3.05, 3.63) is 0 Å². The fourth-order valence-electron chi connectivity index (χ4n) is 1.83. The van der Waals surface area contributed by atoms with Gasteiger partial charge in [0.2, 0.25) is 0 Å². The molecule has 11 nitrogen and oxygen atoms in total. The summed E-state index contributed by atoms with van der Waals surface area (Å²) < 4.78 is 34.1. The number of hydrogen-bond donors (Lipinski definition) is 7. The van der Waals surface area contributed by atoms with Gasteiger partial charge >= 0.3 is 28.8 Å². The number of carbonyl (C=O) groups is 1. The Morgan fingerprint density at radius 2 is 1.35 bits per heavy atom. The van der Waals surface area contributed by atoms with Crippen LogP contribution in [0.1, 0.15) is 19.8 Å². The third kappa shape index (κ3) is 3.39. The first-order valence-corrected chi connectivity index (χ1v) is 9.94. The summed E-state index contributed by atoms with van der Waals surface area (Å²) >= 11 is 0. The molecule has 0 aliphatic carbocycles. The molecule has 14 heteroatoms. The third-order valence-electron chi connectivity index (χ3n) is 2.64. The van der Waals surface area contributed by atoms with Gasteiger partial charge in [-0.15, -0.1) is 0 Å². The lowest BCUT2D eigenvalue weighted by Crippen LogP contribution is -2.48. The molecule has 120 valence electrons. The Kier molecular flexibility index (Phi) is 5.94. The minimum absolute atomic E-state index is 0.162. The summed E-state index contributed by atoms with van der Waals surface area (Å²) in [7, 11) is -17.8. The van der Waals surface area contributed by atoms with E-state index in [-0.39, 0.29) is 6.42 Å². The lowest BCUT2D eigenvalue weighted by Gasteiger charge is -2.37. The normalized spacial score (nSPS) is 15.9. The quantitative estimate of drug-likeness (QED) is 0.288. The van der Waals surface area contributed by atoms with Crippen LogP contribution in [0.5, 0.6) is 0 Å². The van der Waals surface area contributed by atoms with E-state index in [4.69, 9.17) is 34.5 Å². The fraction of sp³-hybridized carbons (Fsp3) is 0.833. The predicted molar refractivity (Wildman–Crippen MR) is 65.2 cm³/mol. The third-order valence-corrected chi connectivity index (χ3v) is 8.85. The van der Waals surface area contributed by atoms with Gasteiger partial charge in [-0.05, 0) is 6.42 Å². The highest BCUT2D eigenvalue weighted by Crippen LogP contribution is 2.76. The summed E-state index contributed by atoms with van der Waals surface area (Å²) in [6.45, 7) is 1.30. The number of hydrogen-bond acceptors (Lipinski definition) is 4. The summed E-state index contributed by atoms with van der Waals surface area (Å²) in [5.74, 6) is -2.67. The first-order valence-electron chi connectivity index (χ1n) is 5.03. The van der Waals surface area contributed by atoms with Crippen molar-refractivity contribution in [3.63, 3.8) is 0 Å². The van der Waals surface area contributed by atoms with Gasteiger partial charge in [0, 0.05) is 0 Å². The van der Waals surface area contributed by atoms with E-state index in [1.807, 2.05) is 0 Å². The van der Waals surface area contributed by atoms with E-state index < -0.39 is 45.7 Å². The fourth-order valence-corrected chi connectivity index (χ4v) is 7.70. The van der Waals surface area contributed by atoms with Crippen LogP contribution in [-0.4, -0.2) is 51.0 Å². The molecular weight excluding hydrogens is 341 g/mol. The molecule has 1 unspecified atom stereocenters. The van der Waals surface area contributed by atoms with Crippen molar-refractivity contribution in [3.8, 4) is 0 Å². The average molecular weight is 356 g/mol. The summed E-state index contributed by atoms with van der Waals surface area (Å²) in [5, 5.41) is 8.93. The molecule has 0 radical (unpaired) electrons. The molecule has 0 bridgehead atoms. The van der Waals surface area contributed by atoms with Crippen LogP contribution in [0, 0.1) is 0 Å². The van der Waals surface area contributed by atoms with Gasteiger partial charge < -0.3 is 34.5 Å². The monoisotopic (exact) mass is 356 g/mol. The molecule has 0 fully saturated rings. The first-order chi connectivity index (χ1) is 8.64. The van der Waals surface area contributed by atoms with Gasteiger partial charge in [0.05, 0.1) is 0 Å². The maximum Gasteiger partial charge on any atom is 0.356 e. The van der Waals surface area contributed by atoms with Gasteiger partial charge in [0.25, 0.3) is 4.90 Å². The number of carboxylic acid groups (broad SMARTS) is 1. The Balaban J connectivity index is 6.69. The van der Waals surface area contributed by atoms with Crippen molar-refractivity contribution >= 4 is 28.8 Å². The van der Waals surface area contributed by atoms with Crippen molar-refractivity contribution in [1.82, 2.24) is 0 Å². The van der Waals surface area contributed by atoms with Crippen molar-refractivity contribution in [1.29, 1.82) is 0 Å². The molecule has 1 atom stereocenters. The van der Waals surface area contributed by atoms with Gasteiger partial charge in [-0.1, -0.05) is 13.3 Å². The zero-order chi connectivity index (χ0) is 16.6. The molecule has 0 aromatic heterocycles. The van der Waals surface area contributed by atoms with Gasteiger partial charge in [-0.3, -0.25) is 18.5 Å². The van der Waals surface area contributed by atoms with Crippen LogP contribution >= 0.6 is 22.8 Å². The summed E-state index contributed by atoms with van der Waals surface area (Å²) in [6.07, 6.45) is -0.961. The topological polar surface area (TPSA) is 210 Å². The minimum atomic E-state index is -6.12. The Bertz CT molecular complexity index is 486. The Hall–Kier alpha value is -0.0800. The largest absolute Gasteiger partial charge is 0.480 e. The summed E-state index contributed by atoms with van der Waals surface area (Å²) in [6, 6.07) is 0. The van der Waals surface area contributed by atoms with Crippen LogP contribution in [0.3, 0.4) is 0 Å². The highest BCUT2D eigenvalue weighted by molar-refractivity contribution is 7.75. The molecule has 0 saturated heterocycles.